The number of hydrogen-bond acceptors (Lipinski definition) is 3. The molecule has 1 aliphatic rings. The molecule has 4 heteroatoms. The number of nitrogens with zero attached hydrogens (tertiary/aromatic N) is 1. The first kappa shape index (κ1) is 14.0. The lowest BCUT2D eigenvalue weighted by Gasteiger charge is -2.37. The molecule has 0 saturated carbocycles. The van der Waals surface area contributed by atoms with Crippen LogP contribution in [0.1, 0.15) is 38.3 Å². The van der Waals surface area contributed by atoms with Crippen LogP contribution in [0.5, 0.6) is 0 Å². The first-order valence-electron chi connectivity index (χ1n) is 6.73. The summed E-state index contributed by atoms with van der Waals surface area (Å²) in [6.45, 7) is 3.49. The molecule has 3 N–H and O–H groups in total. The maximum absolute atomic E-state index is 12.1. The summed E-state index contributed by atoms with van der Waals surface area (Å²) in [5, 5.41) is 10.3. The smallest absolute Gasteiger partial charge is 0.237 e. The predicted molar refractivity (Wildman–Crippen MR) is 74.4 cm³/mol. The second-order valence-electron chi connectivity index (χ2n) is 5.68. The third-order valence-electron chi connectivity index (χ3n) is 3.85. The Hall–Kier alpha value is -1.39. The molecule has 0 radical (unpaired) electrons. The van der Waals surface area contributed by atoms with Crippen molar-refractivity contribution in [1.82, 2.24) is 4.90 Å². The zero-order valence-corrected chi connectivity index (χ0v) is 11.5. The van der Waals surface area contributed by atoms with E-state index in [2.05, 4.69) is 0 Å². The topological polar surface area (TPSA) is 66.6 Å². The van der Waals surface area contributed by atoms with E-state index >= 15 is 0 Å². The van der Waals surface area contributed by atoms with E-state index in [-0.39, 0.29) is 24.5 Å². The van der Waals surface area contributed by atoms with Crippen LogP contribution in [0.2, 0.25) is 0 Å². The van der Waals surface area contributed by atoms with Gasteiger partial charge in [0.25, 0.3) is 0 Å². The van der Waals surface area contributed by atoms with Crippen molar-refractivity contribution >= 4 is 5.91 Å². The molecule has 1 fully saturated rings. The SMILES string of the molecule is CC(C)(O)C1CCC(c2ccccc2)N1C(=O)CN. The van der Waals surface area contributed by atoms with Crippen LogP contribution in [0.15, 0.2) is 30.3 Å². The Kier molecular flexibility index (Phi) is 3.92. The fourth-order valence-electron chi connectivity index (χ4n) is 2.96. The number of rotatable bonds is 3. The van der Waals surface area contributed by atoms with Gasteiger partial charge in [-0.25, -0.2) is 0 Å². The number of amides is 1. The van der Waals surface area contributed by atoms with Gasteiger partial charge in [-0.2, -0.15) is 0 Å². The van der Waals surface area contributed by atoms with Gasteiger partial charge in [0.15, 0.2) is 0 Å². The monoisotopic (exact) mass is 262 g/mol. The molecule has 1 saturated heterocycles. The molecular weight excluding hydrogens is 240 g/mol. The Morgan fingerprint density at radius 2 is 2.00 bits per heavy atom. The molecule has 1 aromatic carbocycles. The number of hydrogen-bond donors (Lipinski definition) is 2. The predicted octanol–water partition coefficient (Wildman–Crippen LogP) is 1.45. The highest BCUT2D eigenvalue weighted by Gasteiger charge is 2.43. The molecule has 104 valence electrons. The third-order valence-corrected chi connectivity index (χ3v) is 3.85. The molecule has 2 rings (SSSR count). The average molecular weight is 262 g/mol. The number of benzene rings is 1. The van der Waals surface area contributed by atoms with E-state index in [1.165, 1.54) is 0 Å². The van der Waals surface area contributed by atoms with Gasteiger partial charge in [0.1, 0.15) is 0 Å². The molecule has 0 aliphatic carbocycles. The summed E-state index contributed by atoms with van der Waals surface area (Å²) < 4.78 is 0. The highest BCUT2D eigenvalue weighted by molar-refractivity contribution is 5.79. The van der Waals surface area contributed by atoms with E-state index in [4.69, 9.17) is 5.73 Å². The third kappa shape index (κ3) is 2.80. The summed E-state index contributed by atoms with van der Waals surface area (Å²) in [6.07, 6.45) is 1.67. The number of aliphatic hydroxyl groups is 1. The number of nitrogens with two attached hydrogens (primary N) is 1. The average Bonchev–Trinajstić information content (AvgIpc) is 2.83. The van der Waals surface area contributed by atoms with Gasteiger partial charge in [-0.3, -0.25) is 4.79 Å². The molecule has 2 atom stereocenters. The first-order chi connectivity index (χ1) is 8.95. The van der Waals surface area contributed by atoms with E-state index in [0.717, 1.165) is 18.4 Å². The molecule has 1 heterocycles. The Bertz CT molecular complexity index is 439. The number of carbonyl (C=O) groups excluding carboxylic acids is 1. The normalized spacial score (nSPS) is 23.7. The van der Waals surface area contributed by atoms with Crippen molar-refractivity contribution < 1.29 is 9.90 Å². The number of carbonyl (C=O) groups is 1. The quantitative estimate of drug-likeness (QED) is 0.866. The summed E-state index contributed by atoms with van der Waals surface area (Å²) in [4.78, 5) is 13.9. The zero-order valence-electron chi connectivity index (χ0n) is 11.5. The van der Waals surface area contributed by atoms with E-state index in [0.29, 0.717) is 0 Å². The highest BCUT2D eigenvalue weighted by Crippen LogP contribution is 2.39. The molecule has 19 heavy (non-hydrogen) atoms. The van der Waals surface area contributed by atoms with E-state index in [1.807, 2.05) is 30.3 Å². The van der Waals surface area contributed by atoms with Crippen molar-refractivity contribution in [3.05, 3.63) is 35.9 Å². The minimum Gasteiger partial charge on any atom is -0.388 e. The van der Waals surface area contributed by atoms with Gasteiger partial charge in [-0.15, -0.1) is 0 Å². The standard InChI is InChI=1S/C15H22N2O2/c1-15(2,19)13-9-8-12(17(13)14(18)10-16)11-6-4-3-5-7-11/h3-7,12-13,19H,8-10,16H2,1-2H3. The van der Waals surface area contributed by atoms with Gasteiger partial charge >= 0.3 is 0 Å². The van der Waals surface area contributed by atoms with E-state index < -0.39 is 5.60 Å². The summed E-state index contributed by atoms with van der Waals surface area (Å²) in [5.74, 6) is -0.0986. The molecule has 0 aromatic heterocycles. The molecule has 4 nitrogen and oxygen atoms in total. The van der Waals surface area contributed by atoms with Gasteiger partial charge in [0.2, 0.25) is 5.91 Å². The Balaban J connectivity index is 2.32. The maximum atomic E-state index is 12.1. The van der Waals surface area contributed by atoms with Crippen LogP contribution < -0.4 is 5.73 Å². The highest BCUT2D eigenvalue weighted by atomic mass is 16.3. The zero-order chi connectivity index (χ0) is 14.0. The molecule has 0 bridgehead atoms. The molecular formula is C15H22N2O2. The summed E-state index contributed by atoms with van der Waals surface area (Å²) >= 11 is 0. The van der Waals surface area contributed by atoms with Gasteiger partial charge in [-0.05, 0) is 32.3 Å². The fraction of sp³-hybridized carbons (Fsp3) is 0.533. The fourth-order valence-corrected chi connectivity index (χ4v) is 2.96. The van der Waals surface area contributed by atoms with E-state index in [9.17, 15) is 9.90 Å². The molecule has 1 aromatic rings. The second-order valence-corrected chi connectivity index (χ2v) is 5.68. The van der Waals surface area contributed by atoms with Gasteiger partial charge < -0.3 is 15.7 Å². The van der Waals surface area contributed by atoms with Crippen molar-refractivity contribution in [1.29, 1.82) is 0 Å². The second kappa shape index (κ2) is 5.31. The Morgan fingerprint density at radius 1 is 1.37 bits per heavy atom. The lowest BCUT2D eigenvalue weighted by molar-refractivity contribution is -0.137. The minimum atomic E-state index is -0.908. The van der Waals surface area contributed by atoms with Crippen molar-refractivity contribution in [2.24, 2.45) is 5.73 Å². The van der Waals surface area contributed by atoms with Crippen LogP contribution in [0.25, 0.3) is 0 Å². The van der Waals surface area contributed by atoms with Crippen molar-refractivity contribution in [2.75, 3.05) is 6.54 Å². The van der Waals surface area contributed by atoms with Gasteiger partial charge in [0.05, 0.1) is 24.2 Å². The Labute approximate surface area is 114 Å². The van der Waals surface area contributed by atoms with Crippen LogP contribution in [0.4, 0.5) is 0 Å². The van der Waals surface area contributed by atoms with Crippen LogP contribution in [0.3, 0.4) is 0 Å². The van der Waals surface area contributed by atoms with Crippen LogP contribution in [-0.2, 0) is 4.79 Å². The Morgan fingerprint density at radius 3 is 2.53 bits per heavy atom. The number of likely N-dealkylation sites (tertiary alicyclic amines) is 1. The molecule has 2 unspecified atom stereocenters. The van der Waals surface area contributed by atoms with Crippen LogP contribution in [0, 0.1) is 0 Å². The van der Waals surface area contributed by atoms with Crippen LogP contribution in [-0.4, -0.2) is 34.1 Å². The summed E-state index contributed by atoms with van der Waals surface area (Å²) in [6, 6.07) is 9.79. The first-order valence-corrected chi connectivity index (χ1v) is 6.73. The van der Waals surface area contributed by atoms with Gasteiger partial charge in [0, 0.05) is 0 Å². The van der Waals surface area contributed by atoms with E-state index in [1.54, 1.807) is 18.7 Å². The minimum absolute atomic E-state index is 0.0179. The lowest BCUT2D eigenvalue weighted by Crippen LogP contribution is -2.50. The summed E-state index contributed by atoms with van der Waals surface area (Å²) in [5.41, 5.74) is 5.72. The van der Waals surface area contributed by atoms with Crippen molar-refractivity contribution in [3.63, 3.8) is 0 Å². The van der Waals surface area contributed by atoms with Crippen molar-refractivity contribution in [3.8, 4) is 0 Å². The van der Waals surface area contributed by atoms with Gasteiger partial charge in [-0.1, -0.05) is 30.3 Å². The largest absolute Gasteiger partial charge is 0.388 e. The molecule has 0 spiro atoms. The van der Waals surface area contributed by atoms with Crippen molar-refractivity contribution in [2.45, 2.75) is 44.4 Å². The maximum Gasteiger partial charge on any atom is 0.237 e. The molecule has 1 aliphatic heterocycles. The lowest BCUT2D eigenvalue weighted by atomic mass is 9.96. The summed E-state index contributed by atoms with van der Waals surface area (Å²) in [7, 11) is 0. The molecule has 1 amide bonds. The van der Waals surface area contributed by atoms with Crippen LogP contribution >= 0.6 is 0 Å².